The average Bonchev–Trinajstić information content (AvgIpc) is 3.47. The molecule has 0 saturated carbocycles. The molecule has 0 radical (unpaired) electrons. The third-order valence-electron chi connectivity index (χ3n) is 12.2. The number of unbranched alkanes of at least 4 members (excludes halogenated alkanes) is 7. The zero-order chi connectivity index (χ0) is 57.8. The number of rotatable bonds is 33. The fraction of sp³-hybridized carbons (Fsp3) is 0.297. The lowest BCUT2D eigenvalue weighted by atomic mass is 10.1. The van der Waals surface area contributed by atoms with Gasteiger partial charge in [-0.05, 0) is 183 Å². The molecule has 0 heterocycles. The van der Waals surface area contributed by atoms with Crippen LogP contribution in [0.5, 0.6) is 34.5 Å². The van der Waals surface area contributed by atoms with Crippen LogP contribution in [0, 0.1) is 0 Å². The Labute approximate surface area is 470 Å². The molecular formula is C64H66O17. The van der Waals surface area contributed by atoms with E-state index in [-0.39, 0.29) is 47.2 Å². The minimum Gasteiger partial charge on any atom is -0.490 e. The first-order valence-electron chi connectivity index (χ1n) is 26.8. The van der Waals surface area contributed by atoms with Gasteiger partial charge in [0.1, 0.15) is 23.0 Å². The number of carbonyl (C=O) groups is 7. The van der Waals surface area contributed by atoms with Crippen molar-refractivity contribution in [3.05, 3.63) is 169 Å². The van der Waals surface area contributed by atoms with E-state index in [2.05, 4.69) is 19.7 Å². The summed E-state index contributed by atoms with van der Waals surface area (Å²) in [5, 5.41) is 2.80. The van der Waals surface area contributed by atoms with E-state index in [1.54, 1.807) is 109 Å². The molecule has 0 fully saturated rings. The van der Waals surface area contributed by atoms with Crippen LogP contribution >= 0.6 is 0 Å². The molecule has 6 aromatic carbocycles. The van der Waals surface area contributed by atoms with E-state index in [4.69, 9.17) is 47.4 Å². The van der Waals surface area contributed by atoms with Gasteiger partial charge >= 0.3 is 42.0 Å². The Morgan fingerprint density at radius 2 is 0.753 bits per heavy atom. The second-order valence-electron chi connectivity index (χ2n) is 18.3. The fourth-order valence-corrected chi connectivity index (χ4v) is 8.03. The molecule has 424 valence electrons. The number of hydrogen-bond donors (Lipinski definition) is 0. The molecule has 0 unspecified atom stereocenters. The van der Waals surface area contributed by atoms with Crippen LogP contribution in [-0.4, -0.2) is 81.6 Å². The van der Waals surface area contributed by atoms with Crippen molar-refractivity contribution in [2.75, 3.05) is 39.6 Å². The Hall–Kier alpha value is -9.25. The number of benzene rings is 6. The van der Waals surface area contributed by atoms with Gasteiger partial charge in [0.2, 0.25) is 0 Å². The smallest absolute Gasteiger partial charge is 0.490 e. The highest BCUT2D eigenvalue weighted by atomic mass is 16.7. The molecule has 0 bridgehead atoms. The van der Waals surface area contributed by atoms with Crippen LogP contribution in [0.1, 0.15) is 114 Å². The van der Waals surface area contributed by atoms with Gasteiger partial charge in [-0.2, -0.15) is 0 Å². The Kier molecular flexibility index (Phi) is 24.5. The summed E-state index contributed by atoms with van der Waals surface area (Å²) in [6, 6.07) is 29.7. The first kappa shape index (κ1) is 61.0. The van der Waals surface area contributed by atoms with Gasteiger partial charge in [0, 0.05) is 18.2 Å². The largest absolute Gasteiger partial charge is 0.513 e. The van der Waals surface area contributed by atoms with Gasteiger partial charge in [-0.25, -0.2) is 33.6 Å². The van der Waals surface area contributed by atoms with E-state index in [0.29, 0.717) is 109 Å². The van der Waals surface area contributed by atoms with Gasteiger partial charge < -0.3 is 47.4 Å². The van der Waals surface area contributed by atoms with Crippen LogP contribution in [0.2, 0.25) is 0 Å². The number of hydrogen-bond acceptors (Lipinski definition) is 17. The van der Waals surface area contributed by atoms with Gasteiger partial charge in [0.25, 0.3) is 0 Å². The molecule has 6 aromatic rings. The summed E-state index contributed by atoms with van der Waals surface area (Å²) in [5.74, 6) is -1.25. The van der Waals surface area contributed by atoms with E-state index in [1.807, 2.05) is 6.92 Å². The molecule has 0 amide bonds. The minimum absolute atomic E-state index is 0.0840. The highest BCUT2D eigenvalue weighted by Crippen LogP contribution is 2.32. The lowest BCUT2D eigenvalue weighted by Crippen LogP contribution is -2.12. The van der Waals surface area contributed by atoms with Crippen molar-refractivity contribution in [2.45, 2.75) is 84.0 Å². The highest BCUT2D eigenvalue weighted by molar-refractivity contribution is 5.99. The Balaban J connectivity index is 1.02. The van der Waals surface area contributed by atoms with Crippen molar-refractivity contribution in [1.29, 1.82) is 0 Å². The molecule has 0 saturated heterocycles. The molecule has 17 heteroatoms. The molecule has 0 atom stereocenters. The lowest BCUT2D eigenvalue weighted by molar-refractivity contribution is -0.138. The molecular weight excluding hydrogens is 1040 g/mol. The summed E-state index contributed by atoms with van der Waals surface area (Å²) < 4.78 is 55.1. The lowest BCUT2D eigenvalue weighted by Gasteiger charge is -2.14. The third kappa shape index (κ3) is 20.2. The molecule has 0 N–H and O–H groups in total. The molecule has 81 heavy (non-hydrogen) atoms. The Bertz CT molecular complexity index is 3190. The number of fused-ring (bicyclic) bond motifs is 2. The number of aryl methyl sites for hydroxylation is 1. The van der Waals surface area contributed by atoms with Crippen molar-refractivity contribution in [1.82, 2.24) is 0 Å². The zero-order valence-corrected chi connectivity index (χ0v) is 45.4. The topological polar surface area (TPSA) is 212 Å². The first-order chi connectivity index (χ1) is 39.3. The molecule has 6 rings (SSSR count). The second kappa shape index (κ2) is 32.6. The van der Waals surface area contributed by atoms with E-state index in [0.717, 1.165) is 56.8 Å². The van der Waals surface area contributed by atoms with Gasteiger partial charge in [-0.1, -0.05) is 57.3 Å². The summed E-state index contributed by atoms with van der Waals surface area (Å²) in [7, 11) is 0. The maximum atomic E-state index is 13.6. The maximum Gasteiger partial charge on any atom is 0.513 e. The summed E-state index contributed by atoms with van der Waals surface area (Å²) in [6.45, 7) is 13.8. The second-order valence-corrected chi connectivity index (χ2v) is 18.3. The van der Waals surface area contributed by atoms with Crippen molar-refractivity contribution >= 4 is 63.5 Å². The summed E-state index contributed by atoms with van der Waals surface area (Å²) in [4.78, 5) is 86.5. The third-order valence-corrected chi connectivity index (χ3v) is 12.2. The van der Waals surface area contributed by atoms with Crippen LogP contribution < -0.4 is 28.4 Å². The summed E-state index contributed by atoms with van der Waals surface area (Å²) >= 11 is 0. The molecule has 0 aliphatic heterocycles. The van der Waals surface area contributed by atoms with Gasteiger partial charge in [-0.3, -0.25) is 0 Å². The highest BCUT2D eigenvalue weighted by Gasteiger charge is 2.19. The number of carbonyl (C=O) groups excluding carboxylic acids is 7. The molecule has 0 aliphatic rings. The van der Waals surface area contributed by atoms with Crippen LogP contribution in [-0.2, 0) is 39.8 Å². The van der Waals surface area contributed by atoms with E-state index in [1.165, 1.54) is 0 Å². The standard InChI is InChI=1S/C64H66O17/c1-5-19-48-42-53(79-61(68)49-22-20-47-41-54(28-25-45(47)38-49)80-64(71)77-37-18-17-36-76-60(67)8-4)29-31-55(48)81-63(70)50-23-21-46-40-52(27-24-44(46)39-50)78-62(69)51-26-30-56(72-32-13-9-11-15-34-74-58(65)6-2)57(43-51)73-33-14-10-12-16-35-75-59(66)7-3/h6-8,20-31,38-43H,2-5,9-19,32-37H2,1H3. The van der Waals surface area contributed by atoms with Gasteiger partial charge in [0.05, 0.1) is 56.3 Å². The van der Waals surface area contributed by atoms with Gasteiger partial charge in [-0.15, -0.1) is 0 Å². The quantitative estimate of drug-likeness (QED) is 0.00936. The predicted octanol–water partition coefficient (Wildman–Crippen LogP) is 13.0. The van der Waals surface area contributed by atoms with Crippen molar-refractivity contribution in [3.8, 4) is 34.5 Å². The van der Waals surface area contributed by atoms with Crippen molar-refractivity contribution < 1.29 is 80.9 Å². The Morgan fingerprint density at radius 3 is 1.27 bits per heavy atom. The van der Waals surface area contributed by atoms with Crippen LogP contribution in [0.3, 0.4) is 0 Å². The van der Waals surface area contributed by atoms with Gasteiger partial charge in [0.15, 0.2) is 11.5 Å². The van der Waals surface area contributed by atoms with Crippen molar-refractivity contribution in [3.63, 3.8) is 0 Å². The van der Waals surface area contributed by atoms with E-state index < -0.39 is 42.0 Å². The van der Waals surface area contributed by atoms with Crippen molar-refractivity contribution in [2.24, 2.45) is 0 Å². The average molecular weight is 1110 g/mol. The zero-order valence-electron chi connectivity index (χ0n) is 45.4. The molecule has 0 spiro atoms. The Morgan fingerprint density at radius 1 is 0.370 bits per heavy atom. The molecule has 0 aromatic heterocycles. The van der Waals surface area contributed by atoms with Crippen LogP contribution in [0.15, 0.2) is 147 Å². The first-order valence-corrected chi connectivity index (χ1v) is 26.8. The number of esters is 6. The van der Waals surface area contributed by atoms with E-state index >= 15 is 0 Å². The minimum atomic E-state index is -0.880. The molecule has 17 nitrogen and oxygen atoms in total. The monoisotopic (exact) mass is 1110 g/mol. The number of ether oxygens (including phenoxy) is 10. The SMILES string of the molecule is C=CC(=O)OCCCCCCOc1ccc(C(=O)Oc2ccc3cc(C(=O)Oc4ccc(OC(=O)c5ccc6cc(OC(=O)OCCCCOC(=O)C=C)ccc6c5)cc4CCC)ccc3c2)cc1OCCCCCCOC(=O)C=C. The van der Waals surface area contributed by atoms with Crippen LogP contribution in [0.4, 0.5) is 4.79 Å². The van der Waals surface area contributed by atoms with E-state index in [9.17, 15) is 33.6 Å². The normalized spacial score (nSPS) is 10.7. The van der Waals surface area contributed by atoms with Crippen LogP contribution in [0.25, 0.3) is 21.5 Å². The molecule has 0 aliphatic carbocycles. The maximum absolute atomic E-state index is 13.6. The summed E-state index contributed by atoms with van der Waals surface area (Å²) in [6.07, 6.45) is 10.9. The summed E-state index contributed by atoms with van der Waals surface area (Å²) in [5.41, 5.74) is 1.47. The predicted molar refractivity (Wildman–Crippen MR) is 302 cm³/mol. The fourth-order valence-electron chi connectivity index (χ4n) is 8.03.